The molecule has 2 heterocycles. The van der Waals surface area contributed by atoms with E-state index in [4.69, 9.17) is 11.6 Å². The summed E-state index contributed by atoms with van der Waals surface area (Å²) in [6.45, 7) is 1.74. The fraction of sp³-hybridized carbons (Fsp3) is 0.0588. The Balaban J connectivity index is 1.73. The largest absolute Gasteiger partial charge is 0.507 e. The lowest BCUT2D eigenvalue weighted by molar-refractivity contribution is 0.477. The monoisotopic (exact) mass is 369 g/mol. The molecule has 8 heteroatoms. The molecule has 25 heavy (non-hydrogen) atoms. The van der Waals surface area contributed by atoms with Crippen LogP contribution in [0.4, 0.5) is 11.6 Å². The van der Waals surface area contributed by atoms with E-state index in [0.29, 0.717) is 23.0 Å². The molecular weight excluding hydrogens is 358 g/mol. The summed E-state index contributed by atoms with van der Waals surface area (Å²) in [6, 6.07) is 13.0. The summed E-state index contributed by atoms with van der Waals surface area (Å²) in [4.78, 5) is 16.8. The molecule has 0 atom stereocenters. The zero-order chi connectivity index (χ0) is 17.4. The second kappa shape index (κ2) is 6.27. The van der Waals surface area contributed by atoms with Gasteiger partial charge in [-0.2, -0.15) is 9.97 Å². The van der Waals surface area contributed by atoms with Gasteiger partial charge >= 0.3 is 0 Å². The Kier molecular flexibility index (Phi) is 3.95. The van der Waals surface area contributed by atoms with Crippen LogP contribution in [0.2, 0.25) is 5.28 Å². The SMILES string of the molecule is Cc1nc(Cl)nc(Nc2ccc(O)c(-c3nc4ccccc4s3)c2)n1. The first-order chi connectivity index (χ1) is 12.1. The molecule has 0 aliphatic rings. The minimum absolute atomic E-state index is 0.125. The maximum Gasteiger partial charge on any atom is 0.231 e. The van der Waals surface area contributed by atoms with Gasteiger partial charge in [0.15, 0.2) is 0 Å². The van der Waals surface area contributed by atoms with Crippen molar-refractivity contribution >= 4 is 44.8 Å². The predicted molar refractivity (Wildman–Crippen MR) is 99.6 cm³/mol. The fourth-order valence-corrected chi connectivity index (χ4v) is 3.60. The quantitative estimate of drug-likeness (QED) is 0.515. The van der Waals surface area contributed by atoms with Gasteiger partial charge in [-0.05, 0) is 48.9 Å². The van der Waals surface area contributed by atoms with Gasteiger partial charge < -0.3 is 10.4 Å². The highest BCUT2D eigenvalue weighted by atomic mass is 35.5. The number of aromatic hydroxyl groups is 1. The molecule has 0 aliphatic carbocycles. The number of hydrogen-bond acceptors (Lipinski definition) is 7. The van der Waals surface area contributed by atoms with Crippen LogP contribution in [0.5, 0.6) is 5.75 Å². The molecule has 0 saturated heterocycles. The number of aryl methyl sites for hydroxylation is 1. The van der Waals surface area contributed by atoms with Gasteiger partial charge in [0.25, 0.3) is 0 Å². The number of fused-ring (bicyclic) bond motifs is 1. The normalized spacial score (nSPS) is 11.0. The molecule has 4 rings (SSSR count). The lowest BCUT2D eigenvalue weighted by Crippen LogP contribution is -2.01. The first kappa shape index (κ1) is 15.7. The van der Waals surface area contributed by atoms with Crippen LogP contribution in [-0.2, 0) is 0 Å². The van der Waals surface area contributed by atoms with Crippen molar-refractivity contribution in [3.63, 3.8) is 0 Å². The van der Waals surface area contributed by atoms with Gasteiger partial charge in [0, 0.05) is 5.69 Å². The van der Waals surface area contributed by atoms with Gasteiger partial charge in [0.05, 0.1) is 15.8 Å². The highest BCUT2D eigenvalue weighted by Crippen LogP contribution is 2.37. The van der Waals surface area contributed by atoms with Crippen LogP contribution in [0.1, 0.15) is 5.82 Å². The number of hydrogen-bond donors (Lipinski definition) is 2. The number of nitrogens with zero attached hydrogens (tertiary/aromatic N) is 4. The van der Waals surface area contributed by atoms with E-state index in [9.17, 15) is 5.11 Å². The Labute approximate surface area is 152 Å². The predicted octanol–water partition coefficient (Wildman–Crippen LogP) is 4.56. The number of anilines is 2. The van der Waals surface area contributed by atoms with Gasteiger partial charge in [-0.3, -0.25) is 0 Å². The molecule has 124 valence electrons. The standard InChI is InChI=1S/C17H12ClN5OS/c1-9-19-16(18)23-17(20-9)21-10-6-7-13(24)11(8-10)15-22-12-4-2-3-5-14(12)25-15/h2-8,24H,1H3,(H,19,20,21,23). The van der Waals surface area contributed by atoms with E-state index in [2.05, 4.69) is 25.3 Å². The Morgan fingerprint density at radius 1 is 1.04 bits per heavy atom. The molecule has 0 fully saturated rings. The first-order valence-electron chi connectivity index (χ1n) is 7.43. The van der Waals surface area contributed by atoms with Crippen molar-refractivity contribution < 1.29 is 5.11 Å². The molecule has 2 N–H and O–H groups in total. The van der Waals surface area contributed by atoms with Crippen LogP contribution in [0.15, 0.2) is 42.5 Å². The minimum atomic E-state index is 0.125. The molecule has 2 aromatic carbocycles. The Bertz CT molecular complexity index is 1030. The summed E-state index contributed by atoms with van der Waals surface area (Å²) >= 11 is 7.39. The van der Waals surface area contributed by atoms with E-state index < -0.39 is 0 Å². The third-order valence-electron chi connectivity index (χ3n) is 3.50. The lowest BCUT2D eigenvalue weighted by Gasteiger charge is -2.08. The van der Waals surface area contributed by atoms with Crippen molar-refractivity contribution in [3.8, 4) is 16.3 Å². The zero-order valence-electron chi connectivity index (χ0n) is 13.1. The number of nitrogens with one attached hydrogen (secondary N) is 1. The average molecular weight is 370 g/mol. The highest BCUT2D eigenvalue weighted by Gasteiger charge is 2.12. The molecule has 0 saturated carbocycles. The van der Waals surface area contributed by atoms with Gasteiger partial charge in [-0.1, -0.05) is 12.1 Å². The molecule has 0 amide bonds. The topological polar surface area (TPSA) is 83.8 Å². The van der Waals surface area contributed by atoms with Crippen molar-refractivity contribution in [2.24, 2.45) is 0 Å². The van der Waals surface area contributed by atoms with Gasteiger partial charge in [0.1, 0.15) is 16.6 Å². The number of para-hydroxylation sites is 1. The minimum Gasteiger partial charge on any atom is -0.507 e. The number of phenols is 1. The highest BCUT2D eigenvalue weighted by molar-refractivity contribution is 7.21. The summed E-state index contributed by atoms with van der Waals surface area (Å²) in [5.74, 6) is 1.03. The van der Waals surface area contributed by atoms with Crippen molar-refractivity contribution in [1.82, 2.24) is 19.9 Å². The van der Waals surface area contributed by atoms with E-state index >= 15 is 0 Å². The number of aromatic nitrogens is 4. The van der Waals surface area contributed by atoms with Crippen molar-refractivity contribution in [1.29, 1.82) is 0 Å². The molecule has 0 radical (unpaired) electrons. The van der Waals surface area contributed by atoms with Gasteiger partial charge in [-0.15, -0.1) is 11.3 Å². The first-order valence-corrected chi connectivity index (χ1v) is 8.62. The smallest absolute Gasteiger partial charge is 0.231 e. The van der Waals surface area contributed by atoms with Gasteiger partial charge in [-0.25, -0.2) is 9.97 Å². The summed E-state index contributed by atoms with van der Waals surface area (Å²) in [7, 11) is 0. The molecule has 0 unspecified atom stereocenters. The third-order valence-corrected chi connectivity index (χ3v) is 4.74. The summed E-state index contributed by atoms with van der Waals surface area (Å²) in [5, 5.41) is 14.2. The molecule has 4 aromatic rings. The number of benzene rings is 2. The maximum atomic E-state index is 10.2. The number of thiazole rings is 1. The van der Waals surface area contributed by atoms with E-state index in [1.54, 1.807) is 25.1 Å². The number of rotatable bonds is 3. The number of phenolic OH excluding ortho intramolecular Hbond substituents is 1. The second-order valence-corrected chi connectivity index (χ2v) is 6.69. The number of halogens is 1. The van der Waals surface area contributed by atoms with Crippen LogP contribution in [0.3, 0.4) is 0 Å². The molecule has 0 spiro atoms. The molecule has 0 bridgehead atoms. The molecular formula is C17H12ClN5OS. The average Bonchev–Trinajstić information content (AvgIpc) is 2.99. The Hall–Kier alpha value is -2.77. The van der Waals surface area contributed by atoms with E-state index in [-0.39, 0.29) is 11.0 Å². The maximum absolute atomic E-state index is 10.2. The van der Waals surface area contributed by atoms with Crippen LogP contribution in [-0.4, -0.2) is 25.0 Å². The summed E-state index contributed by atoms with van der Waals surface area (Å²) in [5.41, 5.74) is 2.26. The van der Waals surface area contributed by atoms with Crippen LogP contribution in [0, 0.1) is 6.92 Å². The fourth-order valence-electron chi connectivity index (χ4n) is 2.41. The second-order valence-electron chi connectivity index (χ2n) is 5.32. The van der Waals surface area contributed by atoms with Crippen molar-refractivity contribution in [3.05, 3.63) is 53.6 Å². The van der Waals surface area contributed by atoms with E-state index in [1.807, 2.05) is 24.3 Å². The molecule has 0 aliphatic heterocycles. The molecule has 2 aromatic heterocycles. The molecule has 6 nitrogen and oxygen atoms in total. The third kappa shape index (κ3) is 3.24. The van der Waals surface area contributed by atoms with Crippen LogP contribution >= 0.6 is 22.9 Å². The zero-order valence-corrected chi connectivity index (χ0v) is 14.6. The van der Waals surface area contributed by atoms with Crippen LogP contribution < -0.4 is 5.32 Å². The van der Waals surface area contributed by atoms with Crippen molar-refractivity contribution in [2.45, 2.75) is 6.92 Å². The summed E-state index contributed by atoms with van der Waals surface area (Å²) in [6.07, 6.45) is 0. The van der Waals surface area contributed by atoms with Crippen molar-refractivity contribution in [2.75, 3.05) is 5.32 Å². The van der Waals surface area contributed by atoms with E-state index in [0.717, 1.165) is 15.2 Å². The van der Waals surface area contributed by atoms with Gasteiger partial charge in [0.2, 0.25) is 11.2 Å². The van der Waals surface area contributed by atoms with E-state index in [1.165, 1.54) is 11.3 Å². The Morgan fingerprint density at radius 2 is 1.88 bits per heavy atom. The van der Waals surface area contributed by atoms with Crippen LogP contribution in [0.25, 0.3) is 20.8 Å². The Morgan fingerprint density at radius 3 is 2.68 bits per heavy atom. The lowest BCUT2D eigenvalue weighted by atomic mass is 10.2. The summed E-state index contributed by atoms with van der Waals surface area (Å²) < 4.78 is 1.06.